The number of benzene rings is 1. The van der Waals surface area contributed by atoms with Crippen LogP contribution in [0.25, 0.3) is 0 Å². The standard InChI is InChI=1S/C15H21N3O3/c1-10-11(6-9-21-10)15(20)18-13-5-3-2-4-12(13)14(19)17-8-7-16/h2-5,10-11H,6-9,16H2,1H3,(H,17,19)(H,18,20). The molecule has 1 aliphatic rings. The van der Waals surface area contributed by atoms with Gasteiger partial charge in [0.1, 0.15) is 0 Å². The van der Waals surface area contributed by atoms with Crippen molar-refractivity contribution in [2.45, 2.75) is 19.4 Å². The average Bonchev–Trinajstić information content (AvgIpc) is 2.91. The van der Waals surface area contributed by atoms with Crippen LogP contribution in [0.5, 0.6) is 0 Å². The number of carbonyl (C=O) groups is 2. The van der Waals surface area contributed by atoms with Gasteiger partial charge in [-0.05, 0) is 25.5 Å². The van der Waals surface area contributed by atoms with Crippen LogP contribution in [0.3, 0.4) is 0 Å². The second-order valence-electron chi connectivity index (χ2n) is 5.05. The number of rotatable bonds is 5. The summed E-state index contributed by atoms with van der Waals surface area (Å²) in [6, 6.07) is 6.93. The van der Waals surface area contributed by atoms with E-state index in [1.165, 1.54) is 0 Å². The summed E-state index contributed by atoms with van der Waals surface area (Å²) >= 11 is 0. The van der Waals surface area contributed by atoms with E-state index in [-0.39, 0.29) is 23.8 Å². The number of para-hydroxylation sites is 1. The molecular weight excluding hydrogens is 270 g/mol. The summed E-state index contributed by atoms with van der Waals surface area (Å²) in [7, 11) is 0. The maximum atomic E-state index is 12.3. The minimum absolute atomic E-state index is 0.0942. The van der Waals surface area contributed by atoms with E-state index >= 15 is 0 Å². The zero-order valence-electron chi connectivity index (χ0n) is 12.1. The lowest BCUT2D eigenvalue weighted by Crippen LogP contribution is -2.31. The molecule has 2 amide bonds. The van der Waals surface area contributed by atoms with Crippen molar-refractivity contribution in [3.63, 3.8) is 0 Å². The van der Waals surface area contributed by atoms with E-state index in [9.17, 15) is 9.59 Å². The van der Waals surface area contributed by atoms with E-state index < -0.39 is 0 Å². The van der Waals surface area contributed by atoms with Crippen molar-refractivity contribution >= 4 is 17.5 Å². The highest BCUT2D eigenvalue weighted by Crippen LogP contribution is 2.23. The molecule has 1 aliphatic heterocycles. The molecule has 1 fully saturated rings. The number of anilines is 1. The van der Waals surface area contributed by atoms with Crippen LogP contribution in [0.1, 0.15) is 23.7 Å². The molecule has 1 aromatic carbocycles. The van der Waals surface area contributed by atoms with Crippen LogP contribution < -0.4 is 16.4 Å². The number of hydrogen-bond acceptors (Lipinski definition) is 4. The van der Waals surface area contributed by atoms with E-state index in [4.69, 9.17) is 10.5 Å². The van der Waals surface area contributed by atoms with E-state index in [2.05, 4.69) is 10.6 Å². The molecule has 6 heteroatoms. The Balaban J connectivity index is 2.09. The molecule has 0 aromatic heterocycles. The topological polar surface area (TPSA) is 93.4 Å². The lowest BCUT2D eigenvalue weighted by molar-refractivity contribution is -0.121. The van der Waals surface area contributed by atoms with Crippen LogP contribution >= 0.6 is 0 Å². The molecule has 4 N–H and O–H groups in total. The van der Waals surface area contributed by atoms with Gasteiger partial charge >= 0.3 is 0 Å². The zero-order chi connectivity index (χ0) is 15.2. The molecule has 114 valence electrons. The second-order valence-corrected chi connectivity index (χ2v) is 5.05. The molecule has 0 radical (unpaired) electrons. The second kappa shape index (κ2) is 7.19. The Hall–Kier alpha value is -1.92. The van der Waals surface area contributed by atoms with Crippen LogP contribution in [0.2, 0.25) is 0 Å². The number of carbonyl (C=O) groups excluding carboxylic acids is 2. The fourth-order valence-electron chi connectivity index (χ4n) is 2.37. The molecule has 1 aromatic rings. The van der Waals surface area contributed by atoms with Crippen molar-refractivity contribution in [1.29, 1.82) is 0 Å². The monoisotopic (exact) mass is 291 g/mol. The number of nitrogens with one attached hydrogen (secondary N) is 2. The van der Waals surface area contributed by atoms with E-state index in [1.54, 1.807) is 24.3 Å². The van der Waals surface area contributed by atoms with Gasteiger partial charge in [-0.25, -0.2) is 0 Å². The zero-order valence-corrected chi connectivity index (χ0v) is 12.1. The molecule has 1 saturated heterocycles. The molecule has 2 unspecified atom stereocenters. The van der Waals surface area contributed by atoms with Gasteiger partial charge in [0.25, 0.3) is 5.91 Å². The summed E-state index contributed by atoms with van der Waals surface area (Å²) in [5.74, 6) is -0.531. The minimum Gasteiger partial charge on any atom is -0.378 e. The van der Waals surface area contributed by atoms with Gasteiger partial charge in [0.2, 0.25) is 5.91 Å². The van der Waals surface area contributed by atoms with Crippen LogP contribution in [-0.4, -0.2) is 37.6 Å². The van der Waals surface area contributed by atoms with Gasteiger partial charge in [-0.15, -0.1) is 0 Å². The summed E-state index contributed by atoms with van der Waals surface area (Å²) in [6.45, 7) is 3.25. The number of ether oxygens (including phenoxy) is 1. The van der Waals surface area contributed by atoms with Gasteiger partial charge in [0.15, 0.2) is 0 Å². The predicted octanol–water partition coefficient (Wildman–Crippen LogP) is 0.739. The summed E-state index contributed by atoms with van der Waals surface area (Å²) in [6.07, 6.45) is 0.609. The molecule has 21 heavy (non-hydrogen) atoms. The van der Waals surface area contributed by atoms with Gasteiger partial charge in [0.05, 0.1) is 23.3 Å². The molecule has 0 bridgehead atoms. The maximum Gasteiger partial charge on any atom is 0.253 e. The first kappa shape index (κ1) is 15.5. The Morgan fingerprint density at radius 1 is 1.38 bits per heavy atom. The van der Waals surface area contributed by atoms with Crippen LogP contribution in [0.15, 0.2) is 24.3 Å². The van der Waals surface area contributed by atoms with Crippen LogP contribution in [0.4, 0.5) is 5.69 Å². The first-order chi connectivity index (χ1) is 10.1. The molecule has 2 rings (SSSR count). The van der Waals surface area contributed by atoms with Gasteiger partial charge in [-0.3, -0.25) is 9.59 Å². The molecule has 0 saturated carbocycles. The summed E-state index contributed by atoms with van der Waals surface area (Å²) in [4.78, 5) is 24.3. The van der Waals surface area contributed by atoms with Crippen molar-refractivity contribution in [3.8, 4) is 0 Å². The third-order valence-corrected chi connectivity index (χ3v) is 3.57. The third kappa shape index (κ3) is 3.80. The highest BCUT2D eigenvalue weighted by molar-refractivity contribution is 6.04. The Bertz CT molecular complexity index is 519. The minimum atomic E-state index is -0.243. The first-order valence-electron chi connectivity index (χ1n) is 7.13. The first-order valence-corrected chi connectivity index (χ1v) is 7.13. The molecule has 2 atom stereocenters. The molecule has 0 spiro atoms. The van der Waals surface area contributed by atoms with E-state index in [0.29, 0.717) is 37.4 Å². The summed E-state index contributed by atoms with van der Waals surface area (Å²) in [5, 5.41) is 5.53. The van der Waals surface area contributed by atoms with Gasteiger partial charge in [-0.1, -0.05) is 12.1 Å². The average molecular weight is 291 g/mol. The largest absolute Gasteiger partial charge is 0.378 e. The molecular formula is C15H21N3O3. The third-order valence-electron chi connectivity index (χ3n) is 3.57. The Kier molecular flexibility index (Phi) is 5.30. The quantitative estimate of drug-likeness (QED) is 0.746. The number of amides is 2. The highest BCUT2D eigenvalue weighted by atomic mass is 16.5. The Morgan fingerprint density at radius 3 is 2.81 bits per heavy atom. The Morgan fingerprint density at radius 2 is 2.14 bits per heavy atom. The highest BCUT2D eigenvalue weighted by Gasteiger charge is 2.31. The Labute approximate surface area is 124 Å². The van der Waals surface area contributed by atoms with E-state index in [1.807, 2.05) is 6.92 Å². The summed E-state index contributed by atoms with van der Waals surface area (Å²) < 4.78 is 5.40. The number of nitrogens with two attached hydrogens (primary N) is 1. The number of hydrogen-bond donors (Lipinski definition) is 3. The van der Waals surface area contributed by atoms with Crippen molar-refractivity contribution in [1.82, 2.24) is 5.32 Å². The molecule has 1 heterocycles. The summed E-state index contributed by atoms with van der Waals surface area (Å²) in [5.41, 5.74) is 6.32. The van der Waals surface area contributed by atoms with Crippen LogP contribution in [0, 0.1) is 5.92 Å². The van der Waals surface area contributed by atoms with Crippen molar-refractivity contribution < 1.29 is 14.3 Å². The lowest BCUT2D eigenvalue weighted by atomic mass is 10.0. The fourth-order valence-corrected chi connectivity index (χ4v) is 2.37. The predicted molar refractivity (Wildman–Crippen MR) is 80.0 cm³/mol. The van der Waals surface area contributed by atoms with Crippen molar-refractivity contribution in [2.24, 2.45) is 11.7 Å². The fraction of sp³-hybridized carbons (Fsp3) is 0.467. The smallest absolute Gasteiger partial charge is 0.253 e. The molecule has 6 nitrogen and oxygen atoms in total. The van der Waals surface area contributed by atoms with Crippen LogP contribution in [-0.2, 0) is 9.53 Å². The lowest BCUT2D eigenvalue weighted by Gasteiger charge is -2.16. The van der Waals surface area contributed by atoms with Gasteiger partial charge in [0, 0.05) is 19.7 Å². The molecule has 0 aliphatic carbocycles. The maximum absolute atomic E-state index is 12.3. The van der Waals surface area contributed by atoms with E-state index in [0.717, 1.165) is 0 Å². The van der Waals surface area contributed by atoms with Crippen molar-refractivity contribution in [2.75, 3.05) is 25.0 Å². The van der Waals surface area contributed by atoms with Gasteiger partial charge < -0.3 is 21.1 Å². The van der Waals surface area contributed by atoms with Crippen molar-refractivity contribution in [3.05, 3.63) is 29.8 Å². The van der Waals surface area contributed by atoms with Gasteiger partial charge in [-0.2, -0.15) is 0 Å². The SMILES string of the molecule is CC1OCCC1C(=O)Nc1ccccc1C(=O)NCCN. The normalized spacial score (nSPS) is 21.0.